The van der Waals surface area contributed by atoms with Gasteiger partial charge in [-0.15, -0.1) is 0 Å². The van der Waals surface area contributed by atoms with E-state index in [2.05, 4.69) is 15.1 Å². The first-order chi connectivity index (χ1) is 8.97. The van der Waals surface area contributed by atoms with Gasteiger partial charge in [-0.05, 0) is 26.2 Å². The summed E-state index contributed by atoms with van der Waals surface area (Å²) in [5.41, 5.74) is 5.38. The lowest BCUT2D eigenvalue weighted by atomic mass is 10.1. The molecule has 1 atom stereocenters. The van der Waals surface area contributed by atoms with E-state index in [1.54, 1.807) is 0 Å². The summed E-state index contributed by atoms with van der Waals surface area (Å²) < 4.78 is 27.3. The Morgan fingerprint density at radius 2 is 1.89 bits per heavy atom. The van der Waals surface area contributed by atoms with Crippen LogP contribution >= 0.6 is 0 Å². The molecule has 1 aromatic rings. The van der Waals surface area contributed by atoms with Crippen molar-refractivity contribution in [2.75, 3.05) is 51.3 Å². The van der Waals surface area contributed by atoms with Crippen LogP contribution in [0.4, 0.5) is 20.2 Å². The fraction of sp³-hybridized carbons (Fsp3) is 0.538. The molecule has 0 aromatic heterocycles. The average molecular weight is 270 g/mol. The predicted octanol–water partition coefficient (Wildman–Crippen LogP) is 1.20. The van der Waals surface area contributed by atoms with Crippen LogP contribution in [0, 0.1) is 11.6 Å². The van der Waals surface area contributed by atoms with Crippen LogP contribution in [-0.4, -0.2) is 56.1 Å². The standard InChI is InChI=1S/C13H20F2N4/c1-18-3-4-19(2)10(8-18)7-17-13-11(14)5-9(16)6-12(13)15/h5-6,10,17H,3-4,7-8,16H2,1-2H3. The number of hydrogen-bond acceptors (Lipinski definition) is 4. The summed E-state index contributed by atoms with van der Waals surface area (Å²) >= 11 is 0. The van der Waals surface area contributed by atoms with E-state index in [9.17, 15) is 8.78 Å². The van der Waals surface area contributed by atoms with Crippen molar-refractivity contribution >= 4 is 11.4 Å². The molecular formula is C13H20F2N4. The van der Waals surface area contributed by atoms with Crippen LogP contribution in [0.3, 0.4) is 0 Å². The molecule has 4 nitrogen and oxygen atoms in total. The minimum atomic E-state index is -0.649. The second-order valence-corrected chi connectivity index (χ2v) is 5.14. The monoisotopic (exact) mass is 270 g/mol. The molecule has 1 aliphatic rings. The molecule has 0 saturated carbocycles. The SMILES string of the molecule is CN1CCN(C)C(CNc2c(F)cc(N)cc2F)C1. The Labute approximate surface area is 112 Å². The van der Waals surface area contributed by atoms with E-state index in [-0.39, 0.29) is 17.4 Å². The van der Waals surface area contributed by atoms with Gasteiger partial charge in [0.2, 0.25) is 0 Å². The summed E-state index contributed by atoms with van der Waals surface area (Å²) in [5, 5.41) is 2.86. The third-order valence-electron chi connectivity index (χ3n) is 3.56. The summed E-state index contributed by atoms with van der Waals surface area (Å²) in [6.45, 7) is 3.34. The van der Waals surface area contributed by atoms with Crippen molar-refractivity contribution in [1.29, 1.82) is 0 Å². The molecule has 1 fully saturated rings. The van der Waals surface area contributed by atoms with Crippen LogP contribution in [0.1, 0.15) is 0 Å². The Hall–Kier alpha value is -1.40. The second-order valence-electron chi connectivity index (χ2n) is 5.14. The number of rotatable bonds is 3. The van der Waals surface area contributed by atoms with Crippen LogP contribution < -0.4 is 11.1 Å². The number of benzene rings is 1. The van der Waals surface area contributed by atoms with E-state index in [1.807, 2.05) is 14.1 Å². The zero-order valence-electron chi connectivity index (χ0n) is 11.3. The summed E-state index contributed by atoms with van der Waals surface area (Å²) in [6, 6.07) is 2.49. The second kappa shape index (κ2) is 5.71. The molecule has 0 amide bonds. The predicted molar refractivity (Wildman–Crippen MR) is 73.2 cm³/mol. The Balaban J connectivity index is 2.02. The minimum absolute atomic E-state index is 0.0927. The van der Waals surface area contributed by atoms with Gasteiger partial charge in [0.1, 0.15) is 5.69 Å². The van der Waals surface area contributed by atoms with Crippen molar-refractivity contribution in [1.82, 2.24) is 9.80 Å². The fourth-order valence-electron chi connectivity index (χ4n) is 2.30. The molecule has 1 aromatic carbocycles. The Morgan fingerprint density at radius 3 is 2.53 bits per heavy atom. The van der Waals surface area contributed by atoms with Gasteiger partial charge in [-0.3, -0.25) is 4.90 Å². The van der Waals surface area contributed by atoms with Crippen LogP contribution in [0.5, 0.6) is 0 Å². The molecule has 1 heterocycles. The highest BCUT2D eigenvalue weighted by molar-refractivity contribution is 5.54. The number of piperazine rings is 1. The number of halogens is 2. The average Bonchev–Trinajstić information content (AvgIpc) is 2.32. The van der Waals surface area contributed by atoms with Gasteiger partial charge in [0.25, 0.3) is 0 Å². The van der Waals surface area contributed by atoms with E-state index < -0.39 is 11.6 Å². The first kappa shape index (κ1) is 14.0. The molecule has 0 aliphatic carbocycles. The molecule has 0 bridgehead atoms. The van der Waals surface area contributed by atoms with Gasteiger partial charge in [0, 0.05) is 37.9 Å². The highest BCUT2D eigenvalue weighted by Crippen LogP contribution is 2.22. The quantitative estimate of drug-likeness (QED) is 0.810. The summed E-state index contributed by atoms with van der Waals surface area (Å²) in [6.07, 6.45) is 0. The lowest BCUT2D eigenvalue weighted by Gasteiger charge is -2.37. The molecular weight excluding hydrogens is 250 g/mol. The van der Waals surface area contributed by atoms with Crippen molar-refractivity contribution in [3.05, 3.63) is 23.8 Å². The fourth-order valence-corrected chi connectivity index (χ4v) is 2.30. The number of anilines is 2. The van der Waals surface area contributed by atoms with Crippen LogP contribution in [-0.2, 0) is 0 Å². The van der Waals surface area contributed by atoms with Crippen molar-refractivity contribution in [3.8, 4) is 0 Å². The van der Waals surface area contributed by atoms with Gasteiger partial charge in [0.05, 0.1) is 0 Å². The molecule has 3 N–H and O–H groups in total. The number of nitrogens with one attached hydrogen (secondary N) is 1. The normalized spacial score (nSPS) is 21.6. The maximum Gasteiger partial charge on any atom is 0.151 e. The lowest BCUT2D eigenvalue weighted by Crippen LogP contribution is -2.52. The maximum atomic E-state index is 13.6. The van der Waals surface area contributed by atoms with E-state index in [0.29, 0.717) is 6.54 Å². The van der Waals surface area contributed by atoms with E-state index in [4.69, 9.17) is 5.73 Å². The number of likely N-dealkylation sites (N-methyl/N-ethyl adjacent to an activating group) is 2. The Kier molecular flexibility index (Phi) is 4.21. The highest BCUT2D eigenvalue weighted by Gasteiger charge is 2.22. The van der Waals surface area contributed by atoms with Gasteiger partial charge in [-0.1, -0.05) is 0 Å². The van der Waals surface area contributed by atoms with Crippen LogP contribution in [0.15, 0.2) is 12.1 Å². The number of nitrogens with two attached hydrogens (primary N) is 1. The smallest absolute Gasteiger partial charge is 0.151 e. The Morgan fingerprint density at radius 1 is 1.26 bits per heavy atom. The molecule has 0 radical (unpaired) electrons. The van der Waals surface area contributed by atoms with Crippen molar-refractivity contribution in [2.45, 2.75) is 6.04 Å². The van der Waals surface area contributed by atoms with Crippen LogP contribution in [0.2, 0.25) is 0 Å². The largest absolute Gasteiger partial charge is 0.399 e. The number of nitrogens with zero attached hydrogens (tertiary/aromatic N) is 2. The van der Waals surface area contributed by atoms with Crippen molar-refractivity contribution in [2.24, 2.45) is 0 Å². The maximum absolute atomic E-state index is 13.6. The van der Waals surface area contributed by atoms with E-state index in [1.165, 1.54) is 0 Å². The van der Waals surface area contributed by atoms with Crippen LogP contribution in [0.25, 0.3) is 0 Å². The zero-order chi connectivity index (χ0) is 14.0. The van der Waals surface area contributed by atoms with Gasteiger partial charge >= 0.3 is 0 Å². The minimum Gasteiger partial charge on any atom is -0.399 e. The molecule has 19 heavy (non-hydrogen) atoms. The van der Waals surface area contributed by atoms with E-state index in [0.717, 1.165) is 31.8 Å². The van der Waals surface area contributed by atoms with Gasteiger partial charge in [-0.2, -0.15) is 0 Å². The summed E-state index contributed by atoms with van der Waals surface area (Å²) in [4.78, 5) is 4.40. The third kappa shape index (κ3) is 3.33. The van der Waals surface area contributed by atoms with Crippen molar-refractivity contribution < 1.29 is 8.78 Å². The first-order valence-electron chi connectivity index (χ1n) is 6.34. The molecule has 1 unspecified atom stereocenters. The Bertz CT molecular complexity index is 429. The molecule has 1 saturated heterocycles. The lowest BCUT2D eigenvalue weighted by molar-refractivity contribution is 0.121. The summed E-state index contributed by atoms with van der Waals surface area (Å²) in [5.74, 6) is -1.30. The van der Waals surface area contributed by atoms with Gasteiger partial charge in [-0.25, -0.2) is 8.78 Å². The topological polar surface area (TPSA) is 44.5 Å². The highest BCUT2D eigenvalue weighted by atomic mass is 19.1. The van der Waals surface area contributed by atoms with Gasteiger partial charge in [0.15, 0.2) is 11.6 Å². The van der Waals surface area contributed by atoms with E-state index >= 15 is 0 Å². The molecule has 0 spiro atoms. The molecule has 1 aliphatic heterocycles. The molecule has 6 heteroatoms. The first-order valence-corrected chi connectivity index (χ1v) is 6.34. The third-order valence-corrected chi connectivity index (χ3v) is 3.56. The summed E-state index contributed by atoms with van der Waals surface area (Å²) in [7, 11) is 4.07. The number of nitrogen functional groups attached to an aromatic ring is 1. The van der Waals surface area contributed by atoms with Gasteiger partial charge < -0.3 is 16.0 Å². The molecule has 2 rings (SSSR count). The number of hydrogen-bond donors (Lipinski definition) is 2. The zero-order valence-corrected chi connectivity index (χ0v) is 11.3. The molecule has 106 valence electrons. The van der Waals surface area contributed by atoms with Crippen molar-refractivity contribution in [3.63, 3.8) is 0 Å².